The lowest BCUT2D eigenvalue weighted by atomic mass is 10.3. The minimum absolute atomic E-state index is 0.149. The third-order valence-corrected chi connectivity index (χ3v) is 2.75. The third kappa shape index (κ3) is 2.30. The molecule has 0 radical (unpaired) electrons. The molecule has 4 heteroatoms. The van der Waals surface area contributed by atoms with Gasteiger partial charge >= 0.3 is 0 Å². The molecule has 1 aromatic rings. The Bertz CT molecular complexity index is 267. The first-order valence-corrected chi connectivity index (χ1v) is 4.89. The van der Waals surface area contributed by atoms with E-state index in [1.807, 2.05) is 12.1 Å². The molecule has 12 heavy (non-hydrogen) atoms. The standard InChI is InChI=1S/C8H10ClNOS/c9-6-2-1-3-7(8(6)10)12-5-4-11/h1-3,11H,4-5,10H2. The number of hydrogen-bond acceptors (Lipinski definition) is 3. The number of benzene rings is 1. The Morgan fingerprint density at radius 3 is 2.92 bits per heavy atom. The Labute approximate surface area is 80.7 Å². The number of para-hydroxylation sites is 1. The summed E-state index contributed by atoms with van der Waals surface area (Å²) in [6.07, 6.45) is 0. The van der Waals surface area contributed by atoms with Gasteiger partial charge in [0.1, 0.15) is 0 Å². The zero-order valence-corrected chi connectivity index (χ0v) is 8.03. The lowest BCUT2D eigenvalue weighted by Gasteiger charge is -2.04. The molecule has 3 N–H and O–H groups in total. The largest absolute Gasteiger partial charge is 0.397 e. The highest BCUT2D eigenvalue weighted by Gasteiger charge is 2.01. The van der Waals surface area contributed by atoms with Crippen LogP contribution >= 0.6 is 23.4 Å². The number of thioether (sulfide) groups is 1. The van der Waals surface area contributed by atoms with Crippen molar-refractivity contribution in [3.05, 3.63) is 23.2 Å². The number of hydrogen-bond donors (Lipinski definition) is 2. The molecule has 66 valence electrons. The van der Waals surface area contributed by atoms with Crippen LogP contribution in [0.2, 0.25) is 5.02 Å². The molecule has 0 unspecified atom stereocenters. The second-order valence-electron chi connectivity index (χ2n) is 2.22. The summed E-state index contributed by atoms with van der Waals surface area (Å²) in [5.41, 5.74) is 6.28. The monoisotopic (exact) mass is 203 g/mol. The first kappa shape index (κ1) is 9.71. The summed E-state index contributed by atoms with van der Waals surface area (Å²) in [6, 6.07) is 5.49. The molecule has 2 nitrogen and oxygen atoms in total. The van der Waals surface area contributed by atoms with Gasteiger partial charge in [-0.1, -0.05) is 17.7 Å². The van der Waals surface area contributed by atoms with Gasteiger partial charge in [-0.15, -0.1) is 11.8 Å². The zero-order chi connectivity index (χ0) is 8.97. The smallest absolute Gasteiger partial charge is 0.0646 e. The Hall–Kier alpha value is -0.380. The summed E-state index contributed by atoms with van der Waals surface area (Å²) < 4.78 is 0. The first-order chi connectivity index (χ1) is 5.75. The Kier molecular flexibility index (Phi) is 3.72. The fourth-order valence-corrected chi connectivity index (χ4v) is 1.78. The molecule has 0 aliphatic carbocycles. The highest BCUT2D eigenvalue weighted by molar-refractivity contribution is 7.99. The van der Waals surface area contributed by atoms with Crippen LogP contribution in [0.4, 0.5) is 5.69 Å². The van der Waals surface area contributed by atoms with E-state index in [0.717, 1.165) is 4.90 Å². The van der Waals surface area contributed by atoms with Crippen LogP contribution in [0.5, 0.6) is 0 Å². The molecular formula is C8H10ClNOS. The average Bonchev–Trinajstić information content (AvgIpc) is 2.08. The molecule has 0 atom stereocenters. The van der Waals surface area contributed by atoms with Gasteiger partial charge in [0.15, 0.2) is 0 Å². The first-order valence-electron chi connectivity index (χ1n) is 3.53. The lowest BCUT2D eigenvalue weighted by molar-refractivity contribution is 0.322. The molecule has 0 saturated heterocycles. The normalized spacial score (nSPS) is 10.2. The fourth-order valence-electron chi connectivity index (χ4n) is 0.799. The van der Waals surface area contributed by atoms with Crippen LogP contribution in [0.1, 0.15) is 0 Å². The van der Waals surface area contributed by atoms with Crippen LogP contribution in [-0.2, 0) is 0 Å². The van der Waals surface area contributed by atoms with Gasteiger partial charge in [0.05, 0.1) is 17.3 Å². The van der Waals surface area contributed by atoms with Crippen molar-refractivity contribution in [1.82, 2.24) is 0 Å². The van der Waals surface area contributed by atoms with Crippen molar-refractivity contribution >= 4 is 29.1 Å². The van der Waals surface area contributed by atoms with Gasteiger partial charge in [-0.25, -0.2) is 0 Å². The molecule has 0 aliphatic rings. The van der Waals surface area contributed by atoms with Crippen molar-refractivity contribution in [3.8, 4) is 0 Å². The van der Waals surface area contributed by atoms with Crippen molar-refractivity contribution in [1.29, 1.82) is 0 Å². The maximum atomic E-state index is 8.59. The molecule has 0 saturated carbocycles. The summed E-state index contributed by atoms with van der Waals surface area (Å²) in [6.45, 7) is 0.149. The van der Waals surface area contributed by atoms with Gasteiger partial charge in [-0.3, -0.25) is 0 Å². The number of nitrogen functional groups attached to an aromatic ring is 1. The van der Waals surface area contributed by atoms with Crippen molar-refractivity contribution in [2.24, 2.45) is 0 Å². The lowest BCUT2D eigenvalue weighted by Crippen LogP contribution is -1.92. The highest BCUT2D eigenvalue weighted by Crippen LogP contribution is 2.30. The highest BCUT2D eigenvalue weighted by atomic mass is 35.5. The maximum Gasteiger partial charge on any atom is 0.0646 e. The van der Waals surface area contributed by atoms with E-state index in [1.165, 1.54) is 11.8 Å². The molecule has 0 bridgehead atoms. The van der Waals surface area contributed by atoms with E-state index >= 15 is 0 Å². The third-order valence-electron chi connectivity index (χ3n) is 1.36. The van der Waals surface area contributed by atoms with E-state index in [2.05, 4.69) is 0 Å². The minimum atomic E-state index is 0.149. The van der Waals surface area contributed by atoms with Crippen molar-refractivity contribution in [2.75, 3.05) is 18.1 Å². The Balaban J connectivity index is 2.78. The molecule has 0 heterocycles. The van der Waals surface area contributed by atoms with Gasteiger partial charge in [-0.2, -0.15) is 0 Å². The quantitative estimate of drug-likeness (QED) is 0.584. The fraction of sp³-hybridized carbons (Fsp3) is 0.250. The zero-order valence-electron chi connectivity index (χ0n) is 6.46. The van der Waals surface area contributed by atoms with E-state index in [1.54, 1.807) is 6.07 Å². The maximum absolute atomic E-state index is 8.59. The SMILES string of the molecule is Nc1c(Cl)cccc1SCCO. The Morgan fingerprint density at radius 1 is 1.50 bits per heavy atom. The van der Waals surface area contributed by atoms with E-state index in [9.17, 15) is 0 Å². The topological polar surface area (TPSA) is 46.2 Å². The van der Waals surface area contributed by atoms with Crippen LogP contribution in [0.15, 0.2) is 23.1 Å². The molecule has 0 amide bonds. The predicted octanol–water partition coefficient (Wildman–Crippen LogP) is 2.01. The van der Waals surface area contributed by atoms with Crippen molar-refractivity contribution in [2.45, 2.75) is 4.90 Å². The number of aliphatic hydroxyl groups is 1. The van der Waals surface area contributed by atoms with E-state index in [4.69, 9.17) is 22.4 Å². The molecule has 0 aromatic heterocycles. The number of anilines is 1. The van der Waals surface area contributed by atoms with E-state index in [0.29, 0.717) is 16.5 Å². The number of aliphatic hydroxyl groups excluding tert-OH is 1. The van der Waals surface area contributed by atoms with Gasteiger partial charge in [0.2, 0.25) is 0 Å². The van der Waals surface area contributed by atoms with Crippen molar-refractivity contribution in [3.63, 3.8) is 0 Å². The summed E-state index contributed by atoms with van der Waals surface area (Å²) >= 11 is 7.29. The molecule has 0 fully saturated rings. The van der Waals surface area contributed by atoms with E-state index in [-0.39, 0.29) is 6.61 Å². The van der Waals surface area contributed by atoms with Gasteiger partial charge in [0.25, 0.3) is 0 Å². The van der Waals surface area contributed by atoms with Gasteiger partial charge in [0, 0.05) is 10.6 Å². The summed E-state index contributed by atoms with van der Waals surface area (Å²) in [5, 5.41) is 9.16. The molecule has 0 aliphatic heterocycles. The van der Waals surface area contributed by atoms with Gasteiger partial charge in [-0.05, 0) is 12.1 Å². The van der Waals surface area contributed by atoms with E-state index < -0.39 is 0 Å². The van der Waals surface area contributed by atoms with Crippen LogP contribution in [-0.4, -0.2) is 17.5 Å². The Morgan fingerprint density at radius 2 is 2.25 bits per heavy atom. The van der Waals surface area contributed by atoms with Crippen LogP contribution in [0, 0.1) is 0 Å². The molecule has 1 aromatic carbocycles. The minimum Gasteiger partial charge on any atom is -0.397 e. The van der Waals surface area contributed by atoms with Crippen LogP contribution in [0.3, 0.4) is 0 Å². The molecular weight excluding hydrogens is 194 g/mol. The predicted molar refractivity (Wildman–Crippen MR) is 53.7 cm³/mol. The second kappa shape index (κ2) is 4.60. The molecule has 0 spiro atoms. The average molecular weight is 204 g/mol. The number of nitrogens with two attached hydrogens (primary N) is 1. The molecule has 1 rings (SSSR count). The van der Waals surface area contributed by atoms with Gasteiger partial charge < -0.3 is 10.8 Å². The van der Waals surface area contributed by atoms with Crippen LogP contribution < -0.4 is 5.73 Å². The summed E-state index contributed by atoms with van der Waals surface area (Å²) in [4.78, 5) is 0.927. The number of halogens is 1. The summed E-state index contributed by atoms with van der Waals surface area (Å²) in [7, 11) is 0. The van der Waals surface area contributed by atoms with Crippen molar-refractivity contribution < 1.29 is 5.11 Å². The summed E-state index contributed by atoms with van der Waals surface area (Å²) in [5.74, 6) is 0.643. The second-order valence-corrected chi connectivity index (χ2v) is 3.77. The van der Waals surface area contributed by atoms with Crippen LogP contribution in [0.25, 0.3) is 0 Å². The number of rotatable bonds is 3.